The highest BCUT2D eigenvalue weighted by atomic mass is 16.5. The first-order chi connectivity index (χ1) is 19.9. The van der Waals surface area contributed by atoms with Crippen LogP contribution in [0.15, 0.2) is 55.4 Å². The van der Waals surface area contributed by atoms with Crippen molar-refractivity contribution in [3.63, 3.8) is 0 Å². The number of aromatic nitrogens is 3. The summed E-state index contributed by atoms with van der Waals surface area (Å²) in [5, 5.41) is 17.0. The molecule has 0 bridgehead atoms. The van der Waals surface area contributed by atoms with Gasteiger partial charge in [0.05, 0.1) is 40.9 Å². The highest BCUT2D eigenvalue weighted by Gasteiger charge is 2.25. The second-order valence-corrected chi connectivity index (χ2v) is 11.2. The number of rotatable bonds is 10. The van der Waals surface area contributed by atoms with Crippen molar-refractivity contribution in [1.29, 1.82) is 5.26 Å². The molecule has 0 saturated carbocycles. The van der Waals surface area contributed by atoms with Crippen molar-refractivity contribution in [3.05, 3.63) is 66.5 Å². The molecule has 2 N–H and O–H groups in total. The topological polar surface area (TPSA) is 111 Å². The lowest BCUT2D eigenvalue weighted by Crippen LogP contribution is -2.47. The molecule has 4 aromatic rings. The molecule has 0 unspecified atom stereocenters. The molecule has 0 fully saturated rings. The Bertz CT molecular complexity index is 1700. The van der Waals surface area contributed by atoms with Crippen LogP contribution < -0.4 is 20.3 Å². The molecule has 0 aliphatic heterocycles. The minimum atomic E-state index is -0.328. The fraction of sp³-hybridized carbons (Fsp3) is 0.312. The number of hydrogen-bond acceptors (Lipinski definition) is 8. The lowest BCUT2D eigenvalue weighted by molar-refractivity contribution is -0.111. The van der Waals surface area contributed by atoms with Crippen LogP contribution >= 0.6 is 0 Å². The van der Waals surface area contributed by atoms with Gasteiger partial charge in [-0.2, -0.15) is 5.26 Å². The van der Waals surface area contributed by atoms with Gasteiger partial charge in [-0.1, -0.05) is 6.58 Å². The second-order valence-electron chi connectivity index (χ2n) is 11.2. The number of nitrogens with zero attached hydrogens (tertiary/aromatic N) is 6. The standard InChI is InChI=1S/C32H38N8O2/c1-10-29(41)35-25-15-26(28(42-9)16-27(25)40(8)19-32(3,4)38(5)6)37-31-34-12-11-24(36-31)21-13-22(17-33)30-23(14-21)20(2)18-39(30)7/h10-16,18H,1,19H2,2-9H3,(H,35,41)(H,34,36,37). The third-order valence-corrected chi connectivity index (χ3v) is 7.60. The third-order valence-electron chi connectivity index (χ3n) is 7.60. The van der Waals surface area contributed by atoms with E-state index in [9.17, 15) is 10.1 Å². The van der Waals surface area contributed by atoms with Crippen LogP contribution in [0.2, 0.25) is 0 Å². The van der Waals surface area contributed by atoms with Gasteiger partial charge in [0.25, 0.3) is 0 Å². The zero-order valence-corrected chi connectivity index (χ0v) is 25.5. The first kappa shape index (κ1) is 30.1. The molecule has 4 rings (SSSR count). The summed E-state index contributed by atoms with van der Waals surface area (Å²) in [4.78, 5) is 25.8. The van der Waals surface area contributed by atoms with E-state index in [2.05, 4.69) is 51.9 Å². The quantitative estimate of drug-likeness (QED) is 0.243. The number of amides is 1. The molecular formula is C32H38N8O2. The molecule has 42 heavy (non-hydrogen) atoms. The van der Waals surface area contributed by atoms with Crippen LogP contribution in [0, 0.1) is 18.3 Å². The van der Waals surface area contributed by atoms with Crippen molar-refractivity contribution in [3.8, 4) is 23.1 Å². The molecule has 2 heterocycles. The second kappa shape index (κ2) is 11.9. The van der Waals surface area contributed by atoms with Gasteiger partial charge in [0.2, 0.25) is 11.9 Å². The number of aryl methyl sites for hydroxylation is 2. The van der Waals surface area contributed by atoms with Gasteiger partial charge in [0, 0.05) is 55.6 Å². The highest BCUT2D eigenvalue weighted by Crippen LogP contribution is 2.39. The van der Waals surface area contributed by atoms with Crippen LogP contribution in [0.1, 0.15) is 25.0 Å². The van der Waals surface area contributed by atoms with Crippen LogP contribution in [0.3, 0.4) is 0 Å². The minimum Gasteiger partial charge on any atom is -0.494 e. The average molecular weight is 567 g/mol. The molecule has 10 heteroatoms. The van der Waals surface area contributed by atoms with Crippen molar-refractivity contribution >= 4 is 39.8 Å². The normalized spacial score (nSPS) is 11.3. The van der Waals surface area contributed by atoms with Crippen LogP contribution in [0.25, 0.3) is 22.2 Å². The summed E-state index contributed by atoms with van der Waals surface area (Å²) in [6.45, 7) is 10.6. The lowest BCUT2D eigenvalue weighted by atomic mass is 10.0. The van der Waals surface area contributed by atoms with E-state index in [0.29, 0.717) is 40.9 Å². The molecule has 0 spiro atoms. The van der Waals surface area contributed by atoms with E-state index in [0.717, 1.165) is 27.7 Å². The zero-order valence-electron chi connectivity index (χ0n) is 25.5. The van der Waals surface area contributed by atoms with Gasteiger partial charge in [-0.15, -0.1) is 0 Å². The fourth-order valence-corrected chi connectivity index (χ4v) is 4.92. The van der Waals surface area contributed by atoms with Crippen LogP contribution in [0.5, 0.6) is 5.75 Å². The molecule has 2 aromatic heterocycles. The van der Waals surface area contributed by atoms with Crippen LogP contribution in [0.4, 0.5) is 23.0 Å². The number of anilines is 4. The summed E-state index contributed by atoms with van der Waals surface area (Å²) in [6.07, 6.45) is 4.91. The number of nitriles is 1. The van der Waals surface area contributed by atoms with E-state index in [1.807, 2.05) is 70.1 Å². The number of methoxy groups -OCH3 is 1. The molecule has 0 aliphatic carbocycles. The molecule has 1 amide bonds. The van der Waals surface area contributed by atoms with Gasteiger partial charge < -0.3 is 29.7 Å². The van der Waals surface area contributed by atoms with Crippen molar-refractivity contribution in [2.24, 2.45) is 7.05 Å². The van der Waals surface area contributed by atoms with Gasteiger partial charge in [-0.3, -0.25) is 4.79 Å². The SMILES string of the molecule is C=CC(=O)Nc1cc(Nc2nccc(-c3cc(C#N)c4c(c3)c(C)cn4C)n2)c(OC)cc1N(C)CC(C)(C)N(C)C. The molecule has 0 aliphatic rings. The fourth-order valence-electron chi connectivity index (χ4n) is 4.92. The highest BCUT2D eigenvalue weighted by molar-refractivity contribution is 6.02. The Morgan fingerprint density at radius 3 is 2.60 bits per heavy atom. The molecule has 10 nitrogen and oxygen atoms in total. The number of carbonyl (C=O) groups excluding carboxylic acids is 1. The number of fused-ring (bicyclic) bond motifs is 1. The molecule has 2 aromatic carbocycles. The maximum Gasteiger partial charge on any atom is 0.247 e. The Hall–Kier alpha value is -4.88. The van der Waals surface area contributed by atoms with Gasteiger partial charge in [0.1, 0.15) is 11.8 Å². The van der Waals surface area contributed by atoms with Gasteiger partial charge >= 0.3 is 0 Å². The number of hydrogen-bond donors (Lipinski definition) is 2. The van der Waals surface area contributed by atoms with Crippen LogP contribution in [-0.4, -0.2) is 65.7 Å². The Morgan fingerprint density at radius 1 is 1.21 bits per heavy atom. The number of ether oxygens (including phenoxy) is 1. The summed E-state index contributed by atoms with van der Waals surface area (Å²) in [5.74, 6) is 0.564. The van der Waals surface area contributed by atoms with Crippen LogP contribution in [-0.2, 0) is 11.8 Å². The lowest BCUT2D eigenvalue weighted by Gasteiger charge is -2.37. The predicted molar refractivity (Wildman–Crippen MR) is 170 cm³/mol. The van der Waals surface area contributed by atoms with E-state index >= 15 is 0 Å². The van der Waals surface area contributed by atoms with Gasteiger partial charge in [-0.05, 0) is 70.8 Å². The van der Waals surface area contributed by atoms with E-state index in [1.54, 1.807) is 19.4 Å². The van der Waals surface area contributed by atoms with Gasteiger partial charge in [-0.25, -0.2) is 9.97 Å². The smallest absolute Gasteiger partial charge is 0.247 e. The third kappa shape index (κ3) is 6.06. The summed E-state index contributed by atoms with van der Waals surface area (Å²) >= 11 is 0. The minimum absolute atomic E-state index is 0.139. The Kier molecular flexibility index (Phi) is 8.54. The van der Waals surface area contributed by atoms with Crippen molar-refractivity contribution in [2.45, 2.75) is 26.3 Å². The number of likely N-dealkylation sites (N-methyl/N-ethyl adjacent to an activating group) is 2. The van der Waals surface area contributed by atoms with Crippen molar-refractivity contribution in [1.82, 2.24) is 19.4 Å². The largest absolute Gasteiger partial charge is 0.494 e. The van der Waals surface area contributed by atoms with E-state index in [1.165, 1.54) is 6.08 Å². The first-order valence-electron chi connectivity index (χ1n) is 13.5. The maximum atomic E-state index is 12.4. The summed E-state index contributed by atoms with van der Waals surface area (Å²) in [7, 11) is 9.58. The Balaban J connectivity index is 1.74. The monoisotopic (exact) mass is 566 g/mol. The number of carbonyl (C=O) groups is 1. The number of benzene rings is 2. The summed E-state index contributed by atoms with van der Waals surface area (Å²) in [5.41, 5.74) is 5.83. The summed E-state index contributed by atoms with van der Waals surface area (Å²) < 4.78 is 7.72. The van der Waals surface area contributed by atoms with E-state index in [4.69, 9.17) is 9.72 Å². The van der Waals surface area contributed by atoms with E-state index < -0.39 is 0 Å². The average Bonchev–Trinajstić information content (AvgIpc) is 3.25. The predicted octanol–water partition coefficient (Wildman–Crippen LogP) is 5.47. The van der Waals surface area contributed by atoms with Crippen molar-refractivity contribution < 1.29 is 9.53 Å². The zero-order chi connectivity index (χ0) is 30.8. The summed E-state index contributed by atoms with van der Waals surface area (Å²) in [6, 6.07) is 11.7. The van der Waals surface area contributed by atoms with Crippen molar-refractivity contribution in [2.75, 3.05) is 50.3 Å². The Morgan fingerprint density at radius 2 is 1.95 bits per heavy atom. The molecule has 0 atom stereocenters. The Labute approximate surface area is 247 Å². The molecular weight excluding hydrogens is 528 g/mol. The number of nitrogens with one attached hydrogen (secondary N) is 2. The molecule has 0 radical (unpaired) electrons. The van der Waals surface area contributed by atoms with E-state index in [-0.39, 0.29) is 11.4 Å². The molecule has 218 valence electrons. The first-order valence-corrected chi connectivity index (χ1v) is 13.5. The maximum absolute atomic E-state index is 12.4. The molecule has 0 saturated heterocycles. The van der Waals surface area contributed by atoms with Gasteiger partial charge in [0.15, 0.2) is 0 Å².